The number of nitrogens with one attached hydrogen (secondary N) is 2. The zero-order valence-electron chi connectivity index (χ0n) is 11.1. The molecule has 0 atom stereocenters. The molecular weight excluding hydrogens is 312 g/mol. The van der Waals surface area contributed by atoms with E-state index in [0.29, 0.717) is 24.5 Å². The molecule has 0 spiro atoms. The fourth-order valence-corrected chi connectivity index (χ4v) is 2.37. The van der Waals surface area contributed by atoms with Gasteiger partial charge in [-0.05, 0) is 19.3 Å². The van der Waals surface area contributed by atoms with Gasteiger partial charge in [0.25, 0.3) is 11.8 Å². The maximum atomic E-state index is 11.5. The van der Waals surface area contributed by atoms with Crippen LogP contribution in [-0.4, -0.2) is 42.4 Å². The fourth-order valence-electron chi connectivity index (χ4n) is 1.54. The number of hydrogen-bond donors (Lipinski definition) is 2. The second-order valence-electron chi connectivity index (χ2n) is 4.16. The van der Waals surface area contributed by atoms with Crippen molar-refractivity contribution in [1.29, 1.82) is 0 Å². The molecule has 0 saturated carbocycles. The molecule has 112 valence electrons. The van der Waals surface area contributed by atoms with Crippen molar-refractivity contribution in [3.05, 3.63) is 23.8 Å². The summed E-state index contributed by atoms with van der Waals surface area (Å²) in [4.78, 5) is 23.1. The molecule has 2 rings (SSSR count). The summed E-state index contributed by atoms with van der Waals surface area (Å²) in [6.07, 6.45) is 5.49. The Kier molecular flexibility index (Phi) is 6.16. The molecule has 0 bridgehead atoms. The van der Waals surface area contributed by atoms with Gasteiger partial charge >= 0.3 is 0 Å². The van der Waals surface area contributed by atoms with Crippen LogP contribution in [0.3, 0.4) is 0 Å². The van der Waals surface area contributed by atoms with Crippen LogP contribution in [0.2, 0.25) is 0 Å². The monoisotopic (exact) mass is 326 g/mol. The lowest BCUT2D eigenvalue weighted by Gasteiger charge is -2.04. The van der Waals surface area contributed by atoms with Crippen molar-refractivity contribution >= 4 is 35.3 Å². The fraction of sp³-hybridized carbons (Fsp3) is 0.455. The molecule has 2 amide bonds. The smallest absolute Gasteiger partial charge is 0.272 e. The Bertz CT molecular complexity index is 507. The highest BCUT2D eigenvalue weighted by atomic mass is 32.1. The third-order valence-corrected chi connectivity index (χ3v) is 3.57. The molecule has 2 N–H and O–H groups in total. The molecule has 0 aliphatic carbocycles. The van der Waals surface area contributed by atoms with Gasteiger partial charge < -0.3 is 10.6 Å². The minimum Gasteiger partial charge on any atom is -0.351 e. The maximum Gasteiger partial charge on any atom is 0.272 e. The Morgan fingerprint density at radius 1 is 0.857 bits per heavy atom. The number of aromatic nitrogens is 4. The normalized spacial score (nSPS) is 10.3. The van der Waals surface area contributed by atoms with Crippen molar-refractivity contribution in [2.75, 3.05) is 13.1 Å². The van der Waals surface area contributed by atoms with E-state index in [-0.39, 0.29) is 11.8 Å². The van der Waals surface area contributed by atoms with Crippen LogP contribution >= 0.6 is 23.5 Å². The summed E-state index contributed by atoms with van der Waals surface area (Å²) in [5, 5.41) is 5.54. The molecule has 0 saturated heterocycles. The average Bonchev–Trinajstić information content (AvgIpc) is 3.18. The molecular formula is C11H14N6O2S2. The minimum absolute atomic E-state index is 0.201. The van der Waals surface area contributed by atoms with Gasteiger partial charge in [-0.25, -0.2) is 0 Å². The molecule has 0 aromatic carbocycles. The van der Waals surface area contributed by atoms with Crippen molar-refractivity contribution in [2.45, 2.75) is 19.3 Å². The van der Waals surface area contributed by atoms with Crippen LogP contribution < -0.4 is 10.6 Å². The van der Waals surface area contributed by atoms with Crippen LogP contribution in [0.1, 0.15) is 40.2 Å². The summed E-state index contributed by atoms with van der Waals surface area (Å²) < 4.78 is 15.2. The highest BCUT2D eigenvalue weighted by Gasteiger charge is 2.08. The molecule has 10 heteroatoms. The highest BCUT2D eigenvalue weighted by Crippen LogP contribution is 1.98. The van der Waals surface area contributed by atoms with E-state index in [2.05, 4.69) is 28.1 Å². The van der Waals surface area contributed by atoms with E-state index >= 15 is 0 Å². The van der Waals surface area contributed by atoms with Crippen LogP contribution in [0.4, 0.5) is 0 Å². The third-order valence-electron chi connectivity index (χ3n) is 2.61. The number of nitrogens with zero attached hydrogens (tertiary/aromatic N) is 4. The standard InChI is InChI=1S/C11H14N6O2S2/c18-10(8-6-14-20-16-8)12-4-2-1-3-5-13-11(19)9-7-15-21-17-9/h6-7H,1-5H2,(H,12,18)(H,13,19). The van der Waals surface area contributed by atoms with Gasteiger partial charge in [0.2, 0.25) is 0 Å². The van der Waals surface area contributed by atoms with Crippen molar-refractivity contribution in [1.82, 2.24) is 28.1 Å². The van der Waals surface area contributed by atoms with Crippen LogP contribution in [0.5, 0.6) is 0 Å². The first-order valence-electron chi connectivity index (χ1n) is 6.39. The second-order valence-corrected chi connectivity index (χ2v) is 5.27. The molecule has 0 aliphatic heterocycles. The Hall–Kier alpha value is -1.94. The minimum atomic E-state index is -0.201. The SMILES string of the molecule is O=C(NCCCCCNC(=O)c1cnsn1)c1cnsn1. The summed E-state index contributed by atoms with van der Waals surface area (Å²) in [5.41, 5.74) is 0.702. The zero-order chi connectivity index (χ0) is 14.9. The number of carbonyl (C=O) groups excluding carboxylic acids is 2. The molecule has 8 nitrogen and oxygen atoms in total. The Morgan fingerprint density at radius 3 is 1.71 bits per heavy atom. The largest absolute Gasteiger partial charge is 0.351 e. The molecule has 2 heterocycles. The first-order valence-corrected chi connectivity index (χ1v) is 7.85. The summed E-state index contributed by atoms with van der Waals surface area (Å²) in [6, 6.07) is 0. The van der Waals surface area contributed by atoms with Crippen LogP contribution in [0.25, 0.3) is 0 Å². The number of rotatable bonds is 8. The highest BCUT2D eigenvalue weighted by molar-refractivity contribution is 6.99. The Labute approximate surface area is 129 Å². The predicted octanol–water partition coefficient (Wildman–Crippen LogP) is 0.720. The van der Waals surface area contributed by atoms with Crippen LogP contribution in [0.15, 0.2) is 12.4 Å². The number of amides is 2. The average molecular weight is 326 g/mol. The topological polar surface area (TPSA) is 110 Å². The lowest BCUT2D eigenvalue weighted by atomic mass is 10.2. The molecule has 2 aromatic heterocycles. The van der Waals surface area contributed by atoms with E-state index in [4.69, 9.17) is 0 Å². The van der Waals surface area contributed by atoms with E-state index < -0.39 is 0 Å². The van der Waals surface area contributed by atoms with Crippen LogP contribution in [0, 0.1) is 0 Å². The third kappa shape index (κ3) is 5.16. The van der Waals surface area contributed by atoms with Crippen molar-refractivity contribution in [3.63, 3.8) is 0 Å². The molecule has 21 heavy (non-hydrogen) atoms. The zero-order valence-corrected chi connectivity index (χ0v) is 12.7. The van der Waals surface area contributed by atoms with Crippen molar-refractivity contribution < 1.29 is 9.59 Å². The van der Waals surface area contributed by atoms with E-state index in [1.807, 2.05) is 0 Å². The quantitative estimate of drug-likeness (QED) is 0.692. The van der Waals surface area contributed by atoms with Gasteiger partial charge in [-0.2, -0.15) is 17.5 Å². The Balaban J connectivity index is 1.49. The number of carbonyl (C=O) groups is 2. The molecule has 0 aliphatic rings. The van der Waals surface area contributed by atoms with Gasteiger partial charge in [0.1, 0.15) is 0 Å². The van der Waals surface area contributed by atoms with Crippen molar-refractivity contribution in [3.8, 4) is 0 Å². The molecule has 0 fully saturated rings. The van der Waals surface area contributed by atoms with Crippen LogP contribution in [-0.2, 0) is 0 Å². The number of hydrogen-bond acceptors (Lipinski definition) is 8. The van der Waals surface area contributed by atoms with E-state index in [0.717, 1.165) is 42.7 Å². The van der Waals surface area contributed by atoms with Crippen molar-refractivity contribution in [2.24, 2.45) is 0 Å². The first kappa shape index (κ1) is 15.4. The molecule has 2 aromatic rings. The molecule has 0 radical (unpaired) electrons. The van der Waals surface area contributed by atoms with Gasteiger partial charge in [-0.15, -0.1) is 0 Å². The van der Waals surface area contributed by atoms with Gasteiger partial charge in [-0.1, -0.05) is 0 Å². The van der Waals surface area contributed by atoms with Gasteiger partial charge in [-0.3, -0.25) is 9.59 Å². The van der Waals surface area contributed by atoms with E-state index in [1.165, 1.54) is 12.4 Å². The number of unbranched alkanes of at least 4 members (excludes halogenated alkanes) is 2. The predicted molar refractivity (Wildman–Crippen MR) is 78.3 cm³/mol. The van der Waals surface area contributed by atoms with Gasteiger partial charge in [0.15, 0.2) is 11.4 Å². The summed E-state index contributed by atoms with van der Waals surface area (Å²) in [5.74, 6) is -0.402. The van der Waals surface area contributed by atoms with Gasteiger partial charge in [0.05, 0.1) is 35.9 Å². The second kappa shape index (κ2) is 8.37. The summed E-state index contributed by atoms with van der Waals surface area (Å²) in [7, 11) is 0. The lowest BCUT2D eigenvalue weighted by molar-refractivity contribution is 0.0943. The summed E-state index contributed by atoms with van der Waals surface area (Å²) in [6.45, 7) is 1.17. The van der Waals surface area contributed by atoms with E-state index in [9.17, 15) is 9.59 Å². The maximum absolute atomic E-state index is 11.5. The Morgan fingerprint density at radius 2 is 1.33 bits per heavy atom. The van der Waals surface area contributed by atoms with Gasteiger partial charge in [0, 0.05) is 13.1 Å². The molecule has 0 unspecified atom stereocenters. The van der Waals surface area contributed by atoms with E-state index in [1.54, 1.807) is 0 Å². The lowest BCUT2D eigenvalue weighted by Crippen LogP contribution is -2.26. The summed E-state index contributed by atoms with van der Waals surface area (Å²) >= 11 is 2.02. The first-order chi connectivity index (χ1) is 10.3.